The van der Waals surface area contributed by atoms with Crippen LogP contribution in [0.1, 0.15) is 31.4 Å². The Bertz CT molecular complexity index is 555. The van der Waals surface area contributed by atoms with Gasteiger partial charge >= 0.3 is 6.03 Å². The lowest BCUT2D eigenvalue weighted by molar-refractivity contribution is -0.118. The molecular formula is C17H25N3O2. The molecule has 2 N–H and O–H groups in total. The fourth-order valence-corrected chi connectivity index (χ4v) is 2.65. The summed E-state index contributed by atoms with van der Waals surface area (Å²) in [5.41, 5.74) is 3.62. The smallest absolute Gasteiger partial charge is 0.321 e. The first-order chi connectivity index (χ1) is 10.5. The molecule has 1 aliphatic rings. The Hall–Kier alpha value is -2.04. The van der Waals surface area contributed by atoms with Crippen LogP contribution in [0, 0.1) is 12.8 Å². The second kappa shape index (κ2) is 7.29. The van der Waals surface area contributed by atoms with Crippen LogP contribution in [0.4, 0.5) is 10.5 Å². The molecule has 0 spiro atoms. The minimum atomic E-state index is -0.417. The van der Waals surface area contributed by atoms with Crippen LogP contribution in [0.15, 0.2) is 18.2 Å². The molecule has 5 nitrogen and oxygen atoms in total. The van der Waals surface area contributed by atoms with Crippen LogP contribution >= 0.6 is 0 Å². The lowest BCUT2D eigenvalue weighted by Gasteiger charge is -2.30. The van der Waals surface area contributed by atoms with E-state index in [0.717, 1.165) is 25.1 Å². The van der Waals surface area contributed by atoms with Gasteiger partial charge in [-0.1, -0.05) is 31.5 Å². The molecule has 1 aromatic rings. The zero-order valence-electron chi connectivity index (χ0n) is 13.6. The summed E-state index contributed by atoms with van der Waals surface area (Å²) in [5.74, 6) is 0.0905. The van der Waals surface area contributed by atoms with Gasteiger partial charge in [-0.2, -0.15) is 0 Å². The van der Waals surface area contributed by atoms with Crippen molar-refractivity contribution in [1.82, 2.24) is 10.6 Å². The largest absolute Gasteiger partial charge is 0.362 e. The van der Waals surface area contributed by atoms with Gasteiger partial charge < -0.3 is 10.2 Å². The number of fused-ring (bicyclic) bond motifs is 1. The molecule has 0 radical (unpaired) electrons. The number of benzene rings is 1. The minimum Gasteiger partial charge on any atom is -0.362 e. The SMILES string of the molecule is Cc1ccc2c(c1)CCCN2CC(=O)NC(=O)NCC(C)C. The first-order valence-corrected chi connectivity index (χ1v) is 7.88. The summed E-state index contributed by atoms with van der Waals surface area (Å²) >= 11 is 0. The average Bonchev–Trinajstić information content (AvgIpc) is 2.45. The van der Waals surface area contributed by atoms with E-state index in [0.29, 0.717) is 12.5 Å². The first kappa shape index (κ1) is 16.3. The number of hydrogen-bond acceptors (Lipinski definition) is 3. The number of anilines is 1. The van der Waals surface area contributed by atoms with Gasteiger partial charge in [0.2, 0.25) is 5.91 Å². The normalized spacial score (nSPS) is 13.7. The van der Waals surface area contributed by atoms with Crippen LogP contribution < -0.4 is 15.5 Å². The van der Waals surface area contributed by atoms with Gasteiger partial charge in [0, 0.05) is 18.8 Å². The first-order valence-electron chi connectivity index (χ1n) is 7.88. The molecule has 0 aromatic heterocycles. The van der Waals surface area contributed by atoms with E-state index < -0.39 is 6.03 Å². The van der Waals surface area contributed by atoms with Crippen molar-refractivity contribution >= 4 is 17.6 Å². The van der Waals surface area contributed by atoms with E-state index >= 15 is 0 Å². The van der Waals surface area contributed by atoms with E-state index in [9.17, 15) is 9.59 Å². The summed E-state index contributed by atoms with van der Waals surface area (Å²) < 4.78 is 0. The van der Waals surface area contributed by atoms with Crippen LogP contribution in [0.5, 0.6) is 0 Å². The second-order valence-corrected chi connectivity index (χ2v) is 6.31. The molecule has 0 atom stereocenters. The maximum atomic E-state index is 12.0. The van der Waals surface area contributed by atoms with Crippen LogP contribution in [0.2, 0.25) is 0 Å². The molecule has 0 aliphatic carbocycles. The Kier molecular flexibility index (Phi) is 5.41. The predicted molar refractivity (Wildman–Crippen MR) is 88.1 cm³/mol. The third-order valence-corrected chi connectivity index (χ3v) is 3.71. The standard InChI is InChI=1S/C17H25N3O2/c1-12(2)10-18-17(22)19-16(21)11-20-8-4-5-14-9-13(3)6-7-15(14)20/h6-7,9,12H,4-5,8,10-11H2,1-3H3,(H2,18,19,21,22). The van der Waals surface area contributed by atoms with Crippen molar-refractivity contribution in [3.63, 3.8) is 0 Å². The number of nitrogens with one attached hydrogen (secondary N) is 2. The number of hydrogen-bond donors (Lipinski definition) is 2. The molecule has 2 rings (SSSR count). The van der Waals surface area contributed by atoms with Crippen molar-refractivity contribution in [2.24, 2.45) is 5.92 Å². The third-order valence-electron chi connectivity index (χ3n) is 3.71. The number of carbonyl (C=O) groups excluding carboxylic acids is 2. The van der Waals surface area contributed by atoms with Crippen molar-refractivity contribution in [3.8, 4) is 0 Å². The highest BCUT2D eigenvalue weighted by molar-refractivity contribution is 5.96. The summed E-state index contributed by atoms with van der Waals surface area (Å²) in [7, 11) is 0. The molecule has 120 valence electrons. The monoisotopic (exact) mass is 303 g/mol. The fourth-order valence-electron chi connectivity index (χ4n) is 2.65. The number of urea groups is 1. The molecule has 0 fully saturated rings. The Morgan fingerprint density at radius 2 is 2.09 bits per heavy atom. The van der Waals surface area contributed by atoms with E-state index in [1.807, 2.05) is 18.7 Å². The van der Waals surface area contributed by atoms with Gasteiger partial charge in [-0.05, 0) is 37.3 Å². The Balaban J connectivity index is 1.92. The number of amides is 3. The number of carbonyl (C=O) groups is 2. The molecule has 0 bridgehead atoms. The minimum absolute atomic E-state index is 0.213. The van der Waals surface area contributed by atoms with Gasteiger partial charge in [-0.25, -0.2) is 4.79 Å². The highest BCUT2D eigenvalue weighted by Gasteiger charge is 2.20. The van der Waals surface area contributed by atoms with Gasteiger partial charge in [-0.3, -0.25) is 10.1 Å². The van der Waals surface area contributed by atoms with Crippen LogP contribution in [-0.4, -0.2) is 31.6 Å². The number of aryl methyl sites for hydroxylation is 2. The summed E-state index contributed by atoms with van der Waals surface area (Å²) in [5, 5.41) is 5.08. The Morgan fingerprint density at radius 1 is 1.32 bits per heavy atom. The molecule has 22 heavy (non-hydrogen) atoms. The van der Waals surface area contributed by atoms with Crippen molar-refractivity contribution < 1.29 is 9.59 Å². The van der Waals surface area contributed by atoms with Gasteiger partial charge in [-0.15, -0.1) is 0 Å². The van der Waals surface area contributed by atoms with Crippen LogP contribution in [0.3, 0.4) is 0 Å². The van der Waals surface area contributed by atoms with Gasteiger partial charge in [0.1, 0.15) is 0 Å². The fraction of sp³-hybridized carbons (Fsp3) is 0.529. The van der Waals surface area contributed by atoms with E-state index in [1.54, 1.807) is 0 Å². The summed E-state index contributed by atoms with van der Waals surface area (Å²) in [4.78, 5) is 25.7. The quantitative estimate of drug-likeness (QED) is 0.896. The molecule has 1 heterocycles. The second-order valence-electron chi connectivity index (χ2n) is 6.31. The predicted octanol–water partition coefficient (Wildman–Crippen LogP) is 2.23. The van der Waals surface area contributed by atoms with E-state index in [2.05, 4.69) is 35.8 Å². The maximum absolute atomic E-state index is 12.0. The van der Waals surface area contributed by atoms with Gasteiger partial charge in [0.15, 0.2) is 0 Å². The molecule has 0 saturated carbocycles. The van der Waals surface area contributed by atoms with E-state index in [1.165, 1.54) is 11.1 Å². The van der Waals surface area contributed by atoms with Gasteiger partial charge in [0.25, 0.3) is 0 Å². The zero-order chi connectivity index (χ0) is 16.1. The number of imide groups is 1. The molecule has 3 amide bonds. The lowest BCUT2D eigenvalue weighted by Crippen LogP contribution is -2.46. The Morgan fingerprint density at radius 3 is 2.82 bits per heavy atom. The van der Waals surface area contributed by atoms with Gasteiger partial charge in [0.05, 0.1) is 6.54 Å². The number of nitrogens with zero attached hydrogens (tertiary/aromatic N) is 1. The van der Waals surface area contributed by atoms with E-state index in [4.69, 9.17) is 0 Å². The lowest BCUT2D eigenvalue weighted by atomic mass is 9.99. The topological polar surface area (TPSA) is 61.4 Å². The average molecular weight is 303 g/mol. The highest BCUT2D eigenvalue weighted by atomic mass is 16.2. The number of rotatable bonds is 4. The summed E-state index contributed by atoms with van der Waals surface area (Å²) in [6, 6.07) is 5.88. The molecule has 0 unspecified atom stereocenters. The summed E-state index contributed by atoms with van der Waals surface area (Å²) in [6.07, 6.45) is 2.08. The van der Waals surface area contributed by atoms with Crippen molar-refractivity contribution in [3.05, 3.63) is 29.3 Å². The zero-order valence-corrected chi connectivity index (χ0v) is 13.6. The van der Waals surface area contributed by atoms with E-state index in [-0.39, 0.29) is 12.5 Å². The molecule has 1 aromatic carbocycles. The van der Waals surface area contributed by atoms with Crippen molar-refractivity contribution in [2.45, 2.75) is 33.6 Å². The third kappa shape index (κ3) is 4.48. The molecule has 5 heteroatoms. The molecule has 1 aliphatic heterocycles. The highest BCUT2D eigenvalue weighted by Crippen LogP contribution is 2.27. The summed E-state index contributed by atoms with van der Waals surface area (Å²) in [6.45, 7) is 7.71. The van der Waals surface area contributed by atoms with Crippen molar-refractivity contribution in [1.29, 1.82) is 0 Å². The van der Waals surface area contributed by atoms with Crippen LogP contribution in [-0.2, 0) is 11.2 Å². The van der Waals surface area contributed by atoms with Crippen LogP contribution in [0.25, 0.3) is 0 Å². The van der Waals surface area contributed by atoms with Crippen molar-refractivity contribution in [2.75, 3.05) is 24.5 Å². The molecular weight excluding hydrogens is 278 g/mol. The maximum Gasteiger partial charge on any atom is 0.321 e. The molecule has 0 saturated heterocycles. The Labute approximate surface area is 132 Å².